The van der Waals surface area contributed by atoms with Crippen molar-refractivity contribution in [3.63, 3.8) is 0 Å². The van der Waals surface area contributed by atoms with Gasteiger partial charge in [-0.1, -0.05) is 11.6 Å². The molecule has 25 heavy (non-hydrogen) atoms. The van der Waals surface area contributed by atoms with Crippen LogP contribution >= 0.6 is 22.9 Å². The molecule has 1 aliphatic rings. The minimum absolute atomic E-state index is 0.163. The standard InChI is InChI=1S/C16H18ClN3O3S2/c1-11-9-14(12(2)24-11)25(22,23)20-7-5-19(6-8-20)16(21)13-3-4-18-15(17)10-13/h3-4,9-10H,5-8H2,1-2H3. The molecule has 9 heteroatoms. The molecule has 2 aromatic rings. The fraction of sp³-hybridized carbons (Fsp3) is 0.375. The molecule has 134 valence electrons. The Morgan fingerprint density at radius 3 is 2.44 bits per heavy atom. The molecule has 2 aromatic heterocycles. The lowest BCUT2D eigenvalue weighted by Gasteiger charge is -2.34. The van der Waals surface area contributed by atoms with Crippen molar-refractivity contribution in [2.75, 3.05) is 26.2 Å². The van der Waals surface area contributed by atoms with Crippen molar-refractivity contribution in [2.24, 2.45) is 0 Å². The highest BCUT2D eigenvalue weighted by molar-refractivity contribution is 7.89. The number of pyridine rings is 1. The molecule has 6 nitrogen and oxygen atoms in total. The molecule has 0 bridgehead atoms. The molecule has 1 amide bonds. The van der Waals surface area contributed by atoms with Gasteiger partial charge in [-0.2, -0.15) is 4.31 Å². The number of thiophene rings is 1. The Morgan fingerprint density at radius 2 is 1.88 bits per heavy atom. The summed E-state index contributed by atoms with van der Waals surface area (Å²) in [6.07, 6.45) is 1.48. The highest BCUT2D eigenvalue weighted by Gasteiger charge is 2.32. The van der Waals surface area contributed by atoms with E-state index < -0.39 is 10.0 Å². The van der Waals surface area contributed by atoms with Crippen LogP contribution in [0.5, 0.6) is 0 Å². The molecule has 3 heterocycles. The van der Waals surface area contributed by atoms with Gasteiger partial charge in [0.25, 0.3) is 5.91 Å². The van der Waals surface area contributed by atoms with Gasteiger partial charge in [0.1, 0.15) is 5.15 Å². The van der Waals surface area contributed by atoms with Gasteiger partial charge in [0, 0.05) is 47.7 Å². The normalized spacial score (nSPS) is 16.2. The van der Waals surface area contributed by atoms with E-state index in [0.29, 0.717) is 23.5 Å². The average Bonchev–Trinajstić information content (AvgIpc) is 2.93. The highest BCUT2D eigenvalue weighted by atomic mass is 35.5. The molecule has 1 aliphatic heterocycles. The molecule has 1 fully saturated rings. The summed E-state index contributed by atoms with van der Waals surface area (Å²) < 4.78 is 27.1. The van der Waals surface area contributed by atoms with E-state index in [1.165, 1.54) is 27.9 Å². The van der Waals surface area contributed by atoms with E-state index in [1.54, 1.807) is 17.0 Å². The SMILES string of the molecule is Cc1cc(S(=O)(=O)N2CCN(C(=O)c3ccnc(Cl)c3)CC2)c(C)s1. The van der Waals surface area contributed by atoms with Gasteiger partial charge in [-0.25, -0.2) is 13.4 Å². The number of aryl methyl sites for hydroxylation is 2. The van der Waals surface area contributed by atoms with E-state index in [1.807, 2.05) is 13.8 Å². The van der Waals surface area contributed by atoms with Crippen LogP contribution in [0.1, 0.15) is 20.1 Å². The van der Waals surface area contributed by atoms with Gasteiger partial charge in [0.15, 0.2) is 0 Å². The predicted octanol–water partition coefficient (Wildman–Crippen LogP) is 2.56. The summed E-state index contributed by atoms with van der Waals surface area (Å²) in [6, 6.07) is 4.84. The second-order valence-corrected chi connectivity index (χ2v) is 9.60. The number of amides is 1. The van der Waals surface area contributed by atoms with Gasteiger partial charge in [-0.15, -0.1) is 11.3 Å². The van der Waals surface area contributed by atoms with Gasteiger partial charge >= 0.3 is 0 Å². The third-order valence-corrected chi connectivity index (χ3v) is 7.44. The van der Waals surface area contributed by atoms with Crippen LogP contribution < -0.4 is 0 Å². The molecule has 0 radical (unpaired) electrons. The van der Waals surface area contributed by atoms with E-state index >= 15 is 0 Å². The second kappa shape index (κ2) is 7.03. The quantitative estimate of drug-likeness (QED) is 0.743. The highest BCUT2D eigenvalue weighted by Crippen LogP contribution is 2.28. The first-order valence-electron chi connectivity index (χ1n) is 7.77. The number of nitrogens with zero attached hydrogens (tertiary/aromatic N) is 3. The number of carbonyl (C=O) groups excluding carboxylic acids is 1. The number of hydrogen-bond acceptors (Lipinski definition) is 5. The predicted molar refractivity (Wildman–Crippen MR) is 97.7 cm³/mol. The number of sulfonamides is 1. The molecule has 0 N–H and O–H groups in total. The van der Waals surface area contributed by atoms with Gasteiger partial charge in [-0.05, 0) is 32.0 Å². The van der Waals surface area contributed by atoms with Gasteiger partial charge in [0.2, 0.25) is 10.0 Å². The van der Waals surface area contributed by atoms with Crippen molar-refractivity contribution in [2.45, 2.75) is 18.7 Å². The first kappa shape index (κ1) is 18.3. The van der Waals surface area contributed by atoms with Crippen LogP contribution in [0.3, 0.4) is 0 Å². The van der Waals surface area contributed by atoms with Crippen molar-refractivity contribution in [3.05, 3.63) is 44.9 Å². The lowest BCUT2D eigenvalue weighted by atomic mass is 10.2. The monoisotopic (exact) mass is 399 g/mol. The number of hydrogen-bond donors (Lipinski definition) is 0. The summed E-state index contributed by atoms with van der Waals surface area (Å²) in [5, 5.41) is 0.260. The molecule has 1 saturated heterocycles. The van der Waals surface area contributed by atoms with Crippen LogP contribution in [0.4, 0.5) is 0 Å². The van der Waals surface area contributed by atoms with Crippen molar-refractivity contribution >= 4 is 38.9 Å². The summed E-state index contributed by atoms with van der Waals surface area (Å²) in [7, 11) is -3.52. The lowest BCUT2D eigenvalue weighted by Crippen LogP contribution is -2.50. The van der Waals surface area contributed by atoms with Crippen LogP contribution in [0.15, 0.2) is 29.3 Å². The third kappa shape index (κ3) is 3.72. The molecule has 0 aromatic carbocycles. The number of aromatic nitrogens is 1. The molecule has 0 atom stereocenters. The zero-order valence-corrected chi connectivity index (χ0v) is 16.3. The van der Waals surface area contributed by atoms with Crippen molar-refractivity contribution < 1.29 is 13.2 Å². The minimum atomic E-state index is -3.52. The molecule has 0 unspecified atom stereocenters. The van der Waals surface area contributed by atoms with E-state index in [4.69, 9.17) is 11.6 Å². The average molecular weight is 400 g/mol. The molecular formula is C16H18ClN3O3S2. The summed E-state index contributed by atoms with van der Waals surface area (Å²) in [5.74, 6) is -0.163. The number of rotatable bonds is 3. The first-order chi connectivity index (χ1) is 11.8. The number of carbonyl (C=O) groups is 1. The maximum absolute atomic E-state index is 12.8. The zero-order chi connectivity index (χ0) is 18.2. The fourth-order valence-electron chi connectivity index (χ4n) is 2.85. The van der Waals surface area contributed by atoms with Gasteiger partial charge < -0.3 is 4.90 Å². The van der Waals surface area contributed by atoms with Crippen LogP contribution in [0.25, 0.3) is 0 Å². The molecular weight excluding hydrogens is 382 g/mol. The van der Waals surface area contributed by atoms with Crippen LogP contribution in [-0.4, -0.2) is 54.7 Å². The molecule has 0 saturated carbocycles. The van der Waals surface area contributed by atoms with Crippen molar-refractivity contribution in [1.82, 2.24) is 14.2 Å². The Labute approximate surface area is 156 Å². The summed E-state index contributed by atoms with van der Waals surface area (Å²) in [5.41, 5.74) is 0.459. The fourth-order valence-corrected chi connectivity index (χ4v) is 5.97. The molecule has 0 aliphatic carbocycles. The maximum Gasteiger partial charge on any atom is 0.254 e. The first-order valence-corrected chi connectivity index (χ1v) is 10.4. The second-order valence-electron chi connectivity index (χ2n) is 5.84. The van der Waals surface area contributed by atoms with E-state index in [2.05, 4.69) is 4.98 Å². The van der Waals surface area contributed by atoms with Gasteiger partial charge in [-0.3, -0.25) is 4.79 Å². The smallest absolute Gasteiger partial charge is 0.254 e. The minimum Gasteiger partial charge on any atom is -0.336 e. The third-order valence-electron chi connectivity index (χ3n) is 4.11. The van der Waals surface area contributed by atoms with E-state index in [9.17, 15) is 13.2 Å². The maximum atomic E-state index is 12.8. The Balaban J connectivity index is 1.71. The molecule has 0 spiro atoms. The topological polar surface area (TPSA) is 70.6 Å². The molecule has 3 rings (SSSR count). The van der Waals surface area contributed by atoms with Crippen molar-refractivity contribution in [1.29, 1.82) is 0 Å². The van der Waals surface area contributed by atoms with Crippen LogP contribution in [0.2, 0.25) is 5.15 Å². The van der Waals surface area contributed by atoms with E-state index in [0.717, 1.165) is 9.75 Å². The number of halogens is 1. The Morgan fingerprint density at radius 1 is 1.20 bits per heavy atom. The summed E-state index contributed by atoms with van der Waals surface area (Å²) >= 11 is 7.30. The van der Waals surface area contributed by atoms with Crippen LogP contribution in [0, 0.1) is 13.8 Å². The largest absolute Gasteiger partial charge is 0.336 e. The number of piperazine rings is 1. The summed E-state index contributed by atoms with van der Waals surface area (Å²) in [4.78, 5) is 20.2. The zero-order valence-electron chi connectivity index (χ0n) is 13.9. The summed E-state index contributed by atoms with van der Waals surface area (Å²) in [6.45, 7) is 4.97. The Hall–Kier alpha value is -1.48. The lowest BCUT2D eigenvalue weighted by molar-refractivity contribution is 0.0698. The Bertz CT molecular complexity index is 903. The van der Waals surface area contributed by atoms with Crippen molar-refractivity contribution in [3.8, 4) is 0 Å². The van der Waals surface area contributed by atoms with Crippen LogP contribution in [-0.2, 0) is 10.0 Å². The van der Waals surface area contributed by atoms with E-state index in [-0.39, 0.29) is 24.1 Å². The Kier molecular flexibility index (Phi) is 5.15. The van der Waals surface area contributed by atoms with Gasteiger partial charge in [0.05, 0.1) is 4.90 Å².